The van der Waals surface area contributed by atoms with Crippen LogP contribution in [0.5, 0.6) is 5.75 Å². The van der Waals surface area contributed by atoms with Crippen molar-refractivity contribution in [2.75, 3.05) is 7.11 Å². The molecule has 0 saturated heterocycles. The highest BCUT2D eigenvalue weighted by molar-refractivity contribution is 6.31. The Bertz CT molecular complexity index is 947. The van der Waals surface area contributed by atoms with Crippen molar-refractivity contribution >= 4 is 17.5 Å². The van der Waals surface area contributed by atoms with Crippen LogP contribution >= 0.6 is 11.6 Å². The molecule has 1 amide bonds. The van der Waals surface area contributed by atoms with Crippen LogP contribution in [0, 0.1) is 0 Å². The fraction of sp³-hybridized carbons (Fsp3) is 0.118. The normalized spacial score (nSPS) is 10.5. The number of aromatic nitrogens is 2. The van der Waals surface area contributed by atoms with E-state index in [2.05, 4.69) is 10.6 Å². The minimum Gasteiger partial charge on any atom is -0.497 e. The first kappa shape index (κ1) is 16.8. The molecule has 0 saturated carbocycles. The molecule has 8 heteroatoms. The van der Waals surface area contributed by atoms with E-state index < -0.39 is 11.5 Å². The Kier molecular flexibility index (Phi) is 4.85. The van der Waals surface area contributed by atoms with Gasteiger partial charge >= 0.3 is 17.2 Å². The van der Waals surface area contributed by atoms with Gasteiger partial charge in [-0.2, -0.15) is 0 Å². The summed E-state index contributed by atoms with van der Waals surface area (Å²) in [6, 6.07) is 13.9. The number of aromatic amines is 1. The van der Waals surface area contributed by atoms with Crippen molar-refractivity contribution in [3.8, 4) is 11.4 Å². The Balaban J connectivity index is 1.84. The van der Waals surface area contributed by atoms with Gasteiger partial charge in [0.1, 0.15) is 5.75 Å². The molecule has 0 radical (unpaired) electrons. The summed E-state index contributed by atoms with van der Waals surface area (Å²) in [5, 5.41) is 5.62. The Morgan fingerprint density at radius 3 is 2.64 bits per heavy atom. The summed E-state index contributed by atoms with van der Waals surface area (Å²) in [6.07, 6.45) is 0. The first-order chi connectivity index (χ1) is 12.1. The molecule has 1 heterocycles. The van der Waals surface area contributed by atoms with Gasteiger partial charge in [-0.1, -0.05) is 29.8 Å². The van der Waals surface area contributed by atoms with Crippen LogP contribution in [0.2, 0.25) is 5.02 Å². The van der Waals surface area contributed by atoms with Gasteiger partial charge in [0, 0.05) is 23.7 Å². The predicted molar refractivity (Wildman–Crippen MR) is 90.0 cm³/mol. The zero-order chi connectivity index (χ0) is 17.8. The summed E-state index contributed by atoms with van der Waals surface area (Å²) in [7, 11) is 1.55. The maximum atomic E-state index is 12.4. The van der Waals surface area contributed by atoms with E-state index in [0.717, 1.165) is 5.56 Å². The summed E-state index contributed by atoms with van der Waals surface area (Å²) >= 11 is 6.06. The van der Waals surface area contributed by atoms with Crippen molar-refractivity contribution in [1.82, 2.24) is 10.6 Å². The number of H-pyrrole nitrogens is 1. The molecule has 2 aromatic carbocycles. The Morgan fingerprint density at radius 2 is 1.96 bits per heavy atom. The zero-order valence-corrected chi connectivity index (χ0v) is 14.0. The lowest BCUT2D eigenvalue weighted by molar-refractivity contribution is -0.672. The molecule has 0 aliphatic carbocycles. The molecule has 128 valence electrons. The topological polar surface area (TPSA) is 88.2 Å². The van der Waals surface area contributed by atoms with E-state index >= 15 is 0 Å². The fourth-order valence-electron chi connectivity index (χ4n) is 2.28. The van der Waals surface area contributed by atoms with Gasteiger partial charge in [-0.25, -0.2) is 4.79 Å². The summed E-state index contributed by atoms with van der Waals surface area (Å²) < 4.78 is 11.1. The molecule has 25 heavy (non-hydrogen) atoms. The van der Waals surface area contributed by atoms with Gasteiger partial charge in [-0.15, -0.1) is 0 Å². The lowest BCUT2D eigenvalue weighted by atomic mass is 10.2. The molecule has 3 rings (SSSR count). The quantitative estimate of drug-likeness (QED) is 0.679. The second kappa shape index (κ2) is 7.23. The van der Waals surface area contributed by atoms with Crippen LogP contribution in [0.25, 0.3) is 5.69 Å². The lowest BCUT2D eigenvalue weighted by Gasteiger charge is -2.04. The van der Waals surface area contributed by atoms with E-state index in [1.165, 1.54) is 4.68 Å². The van der Waals surface area contributed by atoms with Gasteiger partial charge < -0.3 is 10.1 Å². The molecule has 0 bridgehead atoms. The van der Waals surface area contributed by atoms with Gasteiger partial charge in [-0.05, 0) is 33.7 Å². The maximum absolute atomic E-state index is 12.4. The van der Waals surface area contributed by atoms with Crippen LogP contribution in [0.4, 0.5) is 0 Å². The zero-order valence-electron chi connectivity index (χ0n) is 13.3. The molecule has 0 aliphatic rings. The van der Waals surface area contributed by atoms with Crippen LogP contribution in [0.3, 0.4) is 0 Å². The number of ether oxygens (including phenoxy) is 1. The number of nitrogens with one attached hydrogen (secondary N) is 2. The van der Waals surface area contributed by atoms with Gasteiger partial charge in [0.15, 0.2) is 0 Å². The van der Waals surface area contributed by atoms with E-state index in [1.807, 2.05) is 6.07 Å². The third-order valence-electron chi connectivity index (χ3n) is 3.59. The standard InChI is InChI=1S/C17H14ClN3O4/c1-24-13-8-6-12(7-9-13)21-15(17(23)25-20-21)16(22)19-10-11-4-2-3-5-14(11)18/h2-9H,10H2,1H3,(H-,19,20,22,23)/p+1. The summed E-state index contributed by atoms with van der Waals surface area (Å²) in [5.74, 6) is 0.0747. The van der Waals surface area contributed by atoms with Crippen LogP contribution in [-0.4, -0.2) is 18.3 Å². The molecule has 7 nitrogen and oxygen atoms in total. The second-order valence-corrected chi connectivity index (χ2v) is 5.54. The minimum atomic E-state index is -0.771. The first-order valence-corrected chi connectivity index (χ1v) is 7.77. The molecule has 2 N–H and O–H groups in total. The van der Waals surface area contributed by atoms with Crippen molar-refractivity contribution in [2.24, 2.45) is 0 Å². The molecular weight excluding hydrogens is 346 g/mol. The van der Waals surface area contributed by atoms with Crippen LogP contribution in [0.1, 0.15) is 16.1 Å². The monoisotopic (exact) mass is 360 g/mol. The van der Waals surface area contributed by atoms with Gasteiger partial charge in [0.25, 0.3) is 0 Å². The molecule has 1 aromatic heterocycles. The van der Waals surface area contributed by atoms with Gasteiger partial charge in [0.2, 0.25) is 5.69 Å². The average Bonchev–Trinajstić information content (AvgIpc) is 3.02. The number of carbonyl (C=O) groups is 1. The maximum Gasteiger partial charge on any atom is 0.441 e. The number of hydrogen-bond donors (Lipinski definition) is 2. The highest BCUT2D eigenvalue weighted by Gasteiger charge is 2.30. The van der Waals surface area contributed by atoms with Crippen molar-refractivity contribution in [3.63, 3.8) is 0 Å². The van der Waals surface area contributed by atoms with E-state index in [0.29, 0.717) is 16.5 Å². The van der Waals surface area contributed by atoms with E-state index in [-0.39, 0.29) is 12.2 Å². The molecule has 0 spiro atoms. The third kappa shape index (κ3) is 3.56. The lowest BCUT2D eigenvalue weighted by Crippen LogP contribution is -2.44. The molecule has 0 atom stereocenters. The van der Waals surface area contributed by atoms with E-state index in [9.17, 15) is 9.59 Å². The molecule has 0 fully saturated rings. The number of methoxy groups -OCH3 is 1. The number of halogens is 1. The summed E-state index contributed by atoms with van der Waals surface area (Å²) in [5.41, 5.74) is 0.354. The van der Waals surface area contributed by atoms with Crippen molar-refractivity contribution in [2.45, 2.75) is 6.54 Å². The highest BCUT2D eigenvalue weighted by atomic mass is 35.5. The predicted octanol–water partition coefficient (Wildman–Crippen LogP) is 1.84. The Morgan fingerprint density at radius 1 is 1.24 bits per heavy atom. The Labute approximate surface area is 147 Å². The molecule has 0 aliphatic heterocycles. The average molecular weight is 361 g/mol. The molecule has 3 aromatic rings. The van der Waals surface area contributed by atoms with Crippen LogP contribution in [-0.2, 0) is 6.54 Å². The molecule has 0 unspecified atom stereocenters. The summed E-state index contributed by atoms with van der Waals surface area (Å²) in [4.78, 5) is 24.4. The van der Waals surface area contributed by atoms with Crippen LogP contribution < -0.4 is 20.4 Å². The number of amides is 1. The number of benzene rings is 2. The van der Waals surface area contributed by atoms with Crippen molar-refractivity contribution < 1.29 is 18.7 Å². The number of rotatable bonds is 5. The Hall–Kier alpha value is -3.06. The SMILES string of the molecule is COc1ccc(-[n+]2[nH]oc(=O)c2C(=O)NCc2ccccc2Cl)cc1. The van der Waals surface area contributed by atoms with Gasteiger partial charge in [0.05, 0.1) is 7.11 Å². The first-order valence-electron chi connectivity index (χ1n) is 7.39. The van der Waals surface area contributed by atoms with Gasteiger partial charge in [-0.3, -0.25) is 9.32 Å². The number of hydrogen-bond acceptors (Lipinski definition) is 4. The smallest absolute Gasteiger partial charge is 0.441 e. The largest absolute Gasteiger partial charge is 0.497 e. The van der Waals surface area contributed by atoms with Crippen molar-refractivity contribution in [1.29, 1.82) is 0 Å². The second-order valence-electron chi connectivity index (χ2n) is 5.14. The number of carbonyl (C=O) groups excluding carboxylic acids is 1. The fourth-order valence-corrected chi connectivity index (χ4v) is 2.48. The highest BCUT2D eigenvalue weighted by Crippen LogP contribution is 2.14. The third-order valence-corrected chi connectivity index (χ3v) is 3.96. The van der Waals surface area contributed by atoms with Crippen molar-refractivity contribution in [3.05, 3.63) is 75.2 Å². The molecular formula is C17H15ClN3O4+. The van der Waals surface area contributed by atoms with E-state index in [4.69, 9.17) is 20.9 Å². The van der Waals surface area contributed by atoms with E-state index in [1.54, 1.807) is 49.6 Å². The summed E-state index contributed by atoms with van der Waals surface area (Å²) in [6.45, 7) is 0.186. The minimum absolute atomic E-state index is 0.169. The van der Waals surface area contributed by atoms with Crippen LogP contribution in [0.15, 0.2) is 57.8 Å². The number of nitrogens with zero attached hydrogens (tertiary/aromatic N) is 1.